The number of carbonyl (C=O) groups is 3. The summed E-state index contributed by atoms with van der Waals surface area (Å²) in [6.45, 7) is 2.64. The van der Waals surface area contributed by atoms with E-state index in [1.807, 2.05) is 0 Å². The van der Waals surface area contributed by atoms with Crippen LogP contribution < -0.4 is 0 Å². The number of rotatable bonds is 6. The van der Waals surface area contributed by atoms with Crippen LogP contribution in [0.1, 0.15) is 20.8 Å². The molecule has 7 nitrogen and oxygen atoms in total. The maximum atomic E-state index is 11.1. The Kier molecular flexibility index (Phi) is 5.09. The number of aliphatic hydroxyl groups is 4. The average molecular weight is 248 g/mol. The van der Waals surface area contributed by atoms with Gasteiger partial charge in [-0.15, -0.1) is 0 Å². The Morgan fingerprint density at radius 2 is 1.29 bits per heavy atom. The van der Waals surface area contributed by atoms with Crippen molar-refractivity contribution in [3.05, 3.63) is 0 Å². The van der Waals surface area contributed by atoms with Crippen LogP contribution >= 0.6 is 0 Å². The van der Waals surface area contributed by atoms with Gasteiger partial charge in [0.2, 0.25) is 5.60 Å². The first-order valence-electron chi connectivity index (χ1n) is 4.85. The standard InChI is InChI=1S/C10H16O7/c1-4(11)7(14)8(15)9(16)10(17,5(2)12)6(3)13/h7-9,14-17H,1-3H3/t7-,8+,9-/m0/s1. The van der Waals surface area contributed by atoms with Gasteiger partial charge in [-0.2, -0.15) is 0 Å². The van der Waals surface area contributed by atoms with Crippen LogP contribution in [0.4, 0.5) is 0 Å². The first-order chi connectivity index (χ1) is 7.56. The summed E-state index contributed by atoms with van der Waals surface area (Å²) in [4.78, 5) is 33.1. The first-order valence-corrected chi connectivity index (χ1v) is 4.85. The van der Waals surface area contributed by atoms with E-state index in [-0.39, 0.29) is 0 Å². The molecule has 7 heteroatoms. The second kappa shape index (κ2) is 5.46. The molecule has 0 saturated carbocycles. The lowest BCUT2D eigenvalue weighted by molar-refractivity contribution is -0.178. The van der Waals surface area contributed by atoms with Gasteiger partial charge in [0.15, 0.2) is 17.3 Å². The van der Waals surface area contributed by atoms with Gasteiger partial charge in [0.25, 0.3) is 0 Å². The normalized spacial score (nSPS) is 17.1. The molecule has 0 aliphatic carbocycles. The number of carbonyl (C=O) groups excluding carboxylic acids is 3. The molecule has 0 amide bonds. The Hall–Kier alpha value is -1.15. The van der Waals surface area contributed by atoms with Gasteiger partial charge in [0.05, 0.1) is 0 Å². The third-order valence-corrected chi connectivity index (χ3v) is 2.57. The van der Waals surface area contributed by atoms with Crippen molar-refractivity contribution in [3.8, 4) is 0 Å². The Morgan fingerprint density at radius 1 is 0.941 bits per heavy atom. The molecule has 3 atom stereocenters. The molecular weight excluding hydrogens is 232 g/mol. The minimum Gasteiger partial charge on any atom is -0.387 e. The lowest BCUT2D eigenvalue weighted by atomic mass is 9.83. The Bertz CT molecular complexity index is 322. The molecule has 4 N–H and O–H groups in total. The molecule has 0 fully saturated rings. The van der Waals surface area contributed by atoms with Crippen molar-refractivity contribution in [2.24, 2.45) is 0 Å². The van der Waals surface area contributed by atoms with Crippen LogP contribution in [0.5, 0.6) is 0 Å². The van der Waals surface area contributed by atoms with Crippen LogP contribution in [-0.2, 0) is 14.4 Å². The highest BCUT2D eigenvalue weighted by Gasteiger charge is 2.50. The van der Waals surface area contributed by atoms with Gasteiger partial charge >= 0.3 is 0 Å². The Balaban J connectivity index is 5.25. The molecule has 0 saturated heterocycles. The molecule has 0 aliphatic rings. The predicted octanol–water partition coefficient (Wildman–Crippen LogP) is -2.43. The molecule has 0 aromatic carbocycles. The molecule has 0 radical (unpaired) electrons. The van der Waals surface area contributed by atoms with E-state index in [9.17, 15) is 34.8 Å². The Labute approximate surface area is 97.7 Å². The van der Waals surface area contributed by atoms with E-state index in [2.05, 4.69) is 0 Å². The first kappa shape index (κ1) is 15.9. The van der Waals surface area contributed by atoms with Gasteiger partial charge < -0.3 is 20.4 Å². The monoisotopic (exact) mass is 248 g/mol. The SMILES string of the molecule is CC(=O)[C@H](O)[C@@H](O)[C@H](O)C(O)(C(C)=O)C(C)=O. The van der Waals surface area contributed by atoms with Crippen molar-refractivity contribution in [3.63, 3.8) is 0 Å². The summed E-state index contributed by atoms with van der Waals surface area (Å²) in [5.74, 6) is -3.05. The van der Waals surface area contributed by atoms with Crippen LogP contribution in [-0.4, -0.2) is 61.7 Å². The number of hydrogen-bond acceptors (Lipinski definition) is 7. The summed E-state index contributed by atoms with van der Waals surface area (Å²) >= 11 is 0. The van der Waals surface area contributed by atoms with Gasteiger partial charge in [-0.3, -0.25) is 14.4 Å². The third-order valence-electron chi connectivity index (χ3n) is 2.57. The molecule has 0 aromatic rings. The van der Waals surface area contributed by atoms with Gasteiger partial charge in [0, 0.05) is 0 Å². The van der Waals surface area contributed by atoms with Gasteiger partial charge in [-0.25, -0.2) is 0 Å². The average Bonchev–Trinajstić information content (AvgIpc) is 2.23. The number of aliphatic hydroxyl groups excluding tert-OH is 3. The number of Topliss-reactive ketones (excluding diaryl/α,β-unsaturated/α-hetero) is 3. The highest BCUT2D eigenvalue weighted by molar-refractivity contribution is 6.09. The lowest BCUT2D eigenvalue weighted by Crippen LogP contribution is -2.61. The molecular formula is C10H16O7. The smallest absolute Gasteiger partial charge is 0.209 e. The third kappa shape index (κ3) is 2.95. The largest absolute Gasteiger partial charge is 0.387 e. The highest BCUT2D eigenvalue weighted by atomic mass is 16.4. The maximum absolute atomic E-state index is 11.1. The molecule has 0 heterocycles. The van der Waals surface area contributed by atoms with E-state index in [1.54, 1.807) is 0 Å². The number of ketones is 3. The minimum atomic E-state index is -2.84. The summed E-state index contributed by atoms with van der Waals surface area (Å²) in [5, 5.41) is 37.9. The molecule has 0 unspecified atom stereocenters. The van der Waals surface area contributed by atoms with Gasteiger partial charge in [0.1, 0.15) is 18.3 Å². The summed E-state index contributed by atoms with van der Waals surface area (Å²) < 4.78 is 0. The van der Waals surface area contributed by atoms with Crippen LogP contribution in [0.15, 0.2) is 0 Å². The fourth-order valence-electron chi connectivity index (χ4n) is 1.32. The molecule has 0 aromatic heterocycles. The van der Waals surface area contributed by atoms with E-state index in [0.717, 1.165) is 20.8 Å². The van der Waals surface area contributed by atoms with Crippen LogP contribution in [0.25, 0.3) is 0 Å². The fraction of sp³-hybridized carbons (Fsp3) is 0.700. The second-order valence-corrected chi connectivity index (χ2v) is 3.87. The zero-order valence-corrected chi connectivity index (χ0v) is 9.75. The van der Waals surface area contributed by atoms with Crippen molar-refractivity contribution in [1.29, 1.82) is 0 Å². The molecule has 0 rings (SSSR count). The molecule has 0 bridgehead atoms. The zero-order chi connectivity index (χ0) is 14.0. The molecule has 17 heavy (non-hydrogen) atoms. The van der Waals surface area contributed by atoms with Crippen LogP contribution in [0.2, 0.25) is 0 Å². The van der Waals surface area contributed by atoms with Crippen molar-refractivity contribution in [1.82, 2.24) is 0 Å². The zero-order valence-electron chi connectivity index (χ0n) is 9.75. The Morgan fingerprint density at radius 3 is 1.53 bits per heavy atom. The topological polar surface area (TPSA) is 132 Å². The van der Waals surface area contributed by atoms with Crippen LogP contribution in [0, 0.1) is 0 Å². The van der Waals surface area contributed by atoms with Gasteiger partial charge in [-0.05, 0) is 20.8 Å². The number of hydrogen-bond donors (Lipinski definition) is 4. The van der Waals surface area contributed by atoms with Crippen molar-refractivity contribution >= 4 is 17.3 Å². The van der Waals surface area contributed by atoms with E-state index >= 15 is 0 Å². The second-order valence-electron chi connectivity index (χ2n) is 3.87. The quantitative estimate of drug-likeness (QED) is 0.384. The van der Waals surface area contributed by atoms with Crippen LogP contribution in [0.3, 0.4) is 0 Å². The summed E-state index contributed by atoms with van der Waals surface area (Å²) in [6, 6.07) is 0. The molecule has 98 valence electrons. The maximum Gasteiger partial charge on any atom is 0.209 e. The lowest BCUT2D eigenvalue weighted by Gasteiger charge is -2.32. The fourth-order valence-corrected chi connectivity index (χ4v) is 1.32. The van der Waals surface area contributed by atoms with Gasteiger partial charge in [-0.1, -0.05) is 0 Å². The summed E-state index contributed by atoms with van der Waals surface area (Å²) in [7, 11) is 0. The molecule has 0 spiro atoms. The minimum absolute atomic E-state index is 0.845. The molecule has 0 aliphatic heterocycles. The van der Waals surface area contributed by atoms with E-state index in [0.29, 0.717) is 0 Å². The van der Waals surface area contributed by atoms with E-state index in [4.69, 9.17) is 0 Å². The predicted molar refractivity (Wildman–Crippen MR) is 55.0 cm³/mol. The van der Waals surface area contributed by atoms with E-state index in [1.165, 1.54) is 0 Å². The summed E-state index contributed by atoms with van der Waals surface area (Å²) in [5.41, 5.74) is -2.84. The van der Waals surface area contributed by atoms with Crippen molar-refractivity contribution < 1.29 is 34.8 Å². The van der Waals surface area contributed by atoms with Crippen molar-refractivity contribution in [2.45, 2.75) is 44.7 Å². The summed E-state index contributed by atoms with van der Waals surface area (Å²) in [6.07, 6.45) is -6.41. The van der Waals surface area contributed by atoms with E-state index < -0.39 is 41.3 Å². The van der Waals surface area contributed by atoms with Crippen molar-refractivity contribution in [2.75, 3.05) is 0 Å². The highest BCUT2D eigenvalue weighted by Crippen LogP contribution is 2.19.